The first kappa shape index (κ1) is 11.1. The van der Waals surface area contributed by atoms with Crippen LogP contribution in [0.1, 0.15) is 29.9 Å². The van der Waals surface area contributed by atoms with Crippen molar-refractivity contribution in [3.05, 3.63) is 20.8 Å². The average Bonchev–Trinajstić information content (AvgIpc) is 2.71. The summed E-state index contributed by atoms with van der Waals surface area (Å²) in [6, 6.07) is 2.31. The third-order valence-electron chi connectivity index (χ3n) is 2.86. The molecule has 1 aliphatic rings. The second kappa shape index (κ2) is 4.26. The van der Waals surface area contributed by atoms with E-state index in [2.05, 4.69) is 29.8 Å². The Labute approximate surface area is 102 Å². The molecule has 1 saturated heterocycles. The summed E-state index contributed by atoms with van der Waals surface area (Å²) in [6.45, 7) is 5.22. The predicted octanol–water partition coefficient (Wildman–Crippen LogP) is 3.38. The van der Waals surface area contributed by atoms with Gasteiger partial charge < -0.3 is 4.90 Å². The van der Waals surface area contributed by atoms with Gasteiger partial charge in [-0.3, -0.25) is 4.79 Å². The summed E-state index contributed by atoms with van der Waals surface area (Å²) in [5.41, 5.74) is 0. The second-order valence-corrected chi connectivity index (χ2v) is 6.02. The standard InChI is InChI=1S/C11H14BrNOS/c1-7-5-8(2)13(6-7)11(14)10-9(12)3-4-15-10/h3-4,7-8H,5-6H2,1-2H3. The SMILES string of the molecule is CC1CC(C)N(C(=O)c2sccc2Br)C1. The highest BCUT2D eigenvalue weighted by molar-refractivity contribution is 9.10. The topological polar surface area (TPSA) is 20.3 Å². The lowest BCUT2D eigenvalue weighted by molar-refractivity contribution is 0.0748. The Morgan fingerprint density at radius 2 is 2.33 bits per heavy atom. The zero-order chi connectivity index (χ0) is 11.0. The summed E-state index contributed by atoms with van der Waals surface area (Å²) in [5.74, 6) is 0.802. The van der Waals surface area contributed by atoms with Gasteiger partial charge >= 0.3 is 0 Å². The summed E-state index contributed by atoms with van der Waals surface area (Å²) in [4.78, 5) is 15.0. The van der Waals surface area contributed by atoms with Gasteiger partial charge in [0.05, 0.1) is 0 Å². The fourth-order valence-corrected chi connectivity index (χ4v) is 3.66. The highest BCUT2D eigenvalue weighted by atomic mass is 79.9. The van der Waals surface area contributed by atoms with Crippen LogP contribution in [0.3, 0.4) is 0 Å². The minimum Gasteiger partial charge on any atom is -0.335 e. The Kier molecular flexibility index (Phi) is 3.16. The molecule has 0 N–H and O–H groups in total. The molecule has 2 atom stereocenters. The minimum absolute atomic E-state index is 0.175. The normalized spacial score (nSPS) is 25.9. The van der Waals surface area contributed by atoms with Crippen molar-refractivity contribution in [2.45, 2.75) is 26.3 Å². The lowest BCUT2D eigenvalue weighted by atomic mass is 10.1. The van der Waals surface area contributed by atoms with E-state index in [0.717, 1.165) is 22.3 Å². The van der Waals surface area contributed by atoms with E-state index >= 15 is 0 Å². The maximum atomic E-state index is 12.2. The number of carbonyl (C=O) groups is 1. The van der Waals surface area contributed by atoms with Gasteiger partial charge in [0.1, 0.15) is 4.88 Å². The van der Waals surface area contributed by atoms with Gasteiger partial charge in [0.15, 0.2) is 0 Å². The molecule has 2 unspecified atom stereocenters. The van der Waals surface area contributed by atoms with Crippen LogP contribution in [-0.2, 0) is 0 Å². The number of rotatable bonds is 1. The monoisotopic (exact) mass is 287 g/mol. The van der Waals surface area contributed by atoms with E-state index in [4.69, 9.17) is 0 Å². The van der Waals surface area contributed by atoms with E-state index in [1.807, 2.05) is 16.3 Å². The molecule has 2 rings (SSSR count). The van der Waals surface area contributed by atoms with Gasteiger partial charge in [0.25, 0.3) is 5.91 Å². The molecular formula is C11H14BrNOS. The maximum absolute atomic E-state index is 12.2. The first-order valence-electron chi connectivity index (χ1n) is 5.13. The van der Waals surface area contributed by atoms with Crippen molar-refractivity contribution in [2.24, 2.45) is 5.92 Å². The Bertz CT molecular complexity index is 376. The van der Waals surface area contributed by atoms with Crippen molar-refractivity contribution in [2.75, 3.05) is 6.54 Å². The average molecular weight is 288 g/mol. The van der Waals surface area contributed by atoms with Crippen molar-refractivity contribution in [1.82, 2.24) is 4.90 Å². The summed E-state index contributed by atoms with van der Waals surface area (Å²) in [6.07, 6.45) is 1.12. The van der Waals surface area contributed by atoms with Gasteiger partial charge in [-0.25, -0.2) is 0 Å². The summed E-state index contributed by atoms with van der Waals surface area (Å²) < 4.78 is 0.921. The molecule has 1 aromatic rings. The largest absolute Gasteiger partial charge is 0.335 e. The lowest BCUT2D eigenvalue weighted by Crippen LogP contribution is -2.33. The molecule has 15 heavy (non-hydrogen) atoms. The lowest BCUT2D eigenvalue weighted by Gasteiger charge is -2.20. The van der Waals surface area contributed by atoms with E-state index in [1.165, 1.54) is 11.3 Å². The summed E-state index contributed by atoms with van der Waals surface area (Å²) in [5, 5.41) is 1.95. The van der Waals surface area contributed by atoms with Gasteiger partial charge in [0.2, 0.25) is 0 Å². The van der Waals surface area contributed by atoms with E-state index < -0.39 is 0 Å². The smallest absolute Gasteiger partial charge is 0.265 e. The van der Waals surface area contributed by atoms with Crippen molar-refractivity contribution in [3.63, 3.8) is 0 Å². The van der Waals surface area contributed by atoms with Gasteiger partial charge in [-0.2, -0.15) is 0 Å². The molecule has 0 bridgehead atoms. The summed E-state index contributed by atoms with van der Waals surface area (Å²) >= 11 is 4.92. The number of thiophene rings is 1. The van der Waals surface area contributed by atoms with Crippen LogP contribution in [-0.4, -0.2) is 23.4 Å². The van der Waals surface area contributed by atoms with Gasteiger partial charge in [0, 0.05) is 17.1 Å². The zero-order valence-corrected chi connectivity index (χ0v) is 11.3. The van der Waals surface area contributed by atoms with Crippen LogP contribution in [0.5, 0.6) is 0 Å². The first-order valence-corrected chi connectivity index (χ1v) is 6.81. The number of nitrogens with zero attached hydrogens (tertiary/aromatic N) is 1. The van der Waals surface area contributed by atoms with Crippen LogP contribution in [0.15, 0.2) is 15.9 Å². The minimum atomic E-state index is 0.175. The zero-order valence-electron chi connectivity index (χ0n) is 8.87. The third kappa shape index (κ3) is 2.11. The molecule has 1 amide bonds. The number of halogens is 1. The Morgan fingerprint density at radius 3 is 2.80 bits per heavy atom. The molecule has 0 radical (unpaired) electrons. The van der Waals surface area contributed by atoms with Crippen molar-refractivity contribution in [3.8, 4) is 0 Å². The fourth-order valence-electron chi connectivity index (χ4n) is 2.16. The van der Waals surface area contributed by atoms with Crippen molar-refractivity contribution in [1.29, 1.82) is 0 Å². The van der Waals surface area contributed by atoms with Crippen LogP contribution in [0.25, 0.3) is 0 Å². The third-order valence-corrected chi connectivity index (χ3v) is 4.68. The number of likely N-dealkylation sites (tertiary alicyclic amines) is 1. The molecule has 0 aliphatic carbocycles. The highest BCUT2D eigenvalue weighted by Gasteiger charge is 2.31. The fraction of sp³-hybridized carbons (Fsp3) is 0.545. The Morgan fingerprint density at radius 1 is 1.60 bits per heavy atom. The summed E-state index contributed by atoms with van der Waals surface area (Å²) in [7, 11) is 0. The van der Waals surface area contributed by atoms with E-state index in [-0.39, 0.29) is 5.91 Å². The maximum Gasteiger partial charge on any atom is 0.265 e. The number of carbonyl (C=O) groups excluding carboxylic acids is 1. The quantitative estimate of drug-likeness (QED) is 0.775. The van der Waals surface area contributed by atoms with Crippen LogP contribution in [0.2, 0.25) is 0 Å². The van der Waals surface area contributed by atoms with Crippen LogP contribution in [0.4, 0.5) is 0 Å². The molecule has 4 heteroatoms. The van der Waals surface area contributed by atoms with Gasteiger partial charge in [-0.15, -0.1) is 11.3 Å². The van der Waals surface area contributed by atoms with E-state index in [9.17, 15) is 4.79 Å². The Hall–Kier alpha value is -0.350. The molecule has 1 aromatic heterocycles. The molecular weight excluding hydrogens is 274 g/mol. The second-order valence-electron chi connectivity index (χ2n) is 4.25. The molecule has 0 saturated carbocycles. The van der Waals surface area contributed by atoms with Crippen LogP contribution in [0, 0.1) is 5.92 Å². The molecule has 0 aromatic carbocycles. The molecule has 82 valence electrons. The van der Waals surface area contributed by atoms with Gasteiger partial charge in [-0.1, -0.05) is 6.92 Å². The highest BCUT2D eigenvalue weighted by Crippen LogP contribution is 2.29. The first-order chi connectivity index (χ1) is 7.09. The number of hydrogen-bond donors (Lipinski definition) is 0. The molecule has 2 nitrogen and oxygen atoms in total. The predicted molar refractivity (Wildman–Crippen MR) is 66.3 cm³/mol. The Balaban J connectivity index is 2.19. The molecule has 2 heterocycles. The van der Waals surface area contributed by atoms with Crippen LogP contribution < -0.4 is 0 Å². The van der Waals surface area contributed by atoms with Crippen LogP contribution >= 0.6 is 27.3 Å². The number of hydrogen-bond acceptors (Lipinski definition) is 2. The molecule has 1 aliphatic heterocycles. The van der Waals surface area contributed by atoms with E-state index in [0.29, 0.717) is 12.0 Å². The van der Waals surface area contributed by atoms with Crippen molar-refractivity contribution < 1.29 is 4.79 Å². The molecule has 1 fully saturated rings. The van der Waals surface area contributed by atoms with Gasteiger partial charge in [-0.05, 0) is 46.6 Å². The molecule has 0 spiro atoms. The number of amides is 1. The van der Waals surface area contributed by atoms with E-state index in [1.54, 1.807) is 0 Å². The van der Waals surface area contributed by atoms with Crippen molar-refractivity contribution >= 4 is 33.2 Å².